The van der Waals surface area contributed by atoms with E-state index in [2.05, 4.69) is 254 Å². The third-order valence-electron chi connectivity index (χ3n) is 13.0. The molecular formula is C62H44N2O. The van der Waals surface area contributed by atoms with Crippen LogP contribution in [-0.2, 0) is 0 Å². The molecule has 0 bridgehead atoms. The normalized spacial score (nSPS) is 11.5. The lowest BCUT2D eigenvalue weighted by molar-refractivity contribution is 0.670. The minimum absolute atomic E-state index is 0.847. The molecule has 308 valence electrons. The maximum Gasteiger partial charge on any atom is 0.145 e. The summed E-state index contributed by atoms with van der Waals surface area (Å²) in [6.07, 6.45) is 0. The van der Waals surface area contributed by atoms with Crippen LogP contribution >= 0.6 is 0 Å². The predicted molar refractivity (Wildman–Crippen MR) is 274 cm³/mol. The molecule has 12 rings (SSSR count). The Morgan fingerprint density at radius 3 is 1.58 bits per heavy atom. The van der Waals surface area contributed by atoms with Gasteiger partial charge in [0.15, 0.2) is 0 Å². The van der Waals surface area contributed by atoms with Crippen LogP contribution in [0.15, 0.2) is 235 Å². The first-order valence-corrected chi connectivity index (χ1v) is 22.3. The Morgan fingerprint density at radius 1 is 0.369 bits per heavy atom. The number of anilines is 3. The summed E-state index contributed by atoms with van der Waals surface area (Å²) in [7, 11) is 0. The van der Waals surface area contributed by atoms with Gasteiger partial charge in [0.1, 0.15) is 11.2 Å². The summed E-state index contributed by atoms with van der Waals surface area (Å²) in [5, 5.41) is 4.59. The van der Waals surface area contributed by atoms with E-state index in [1.807, 2.05) is 0 Å². The zero-order chi connectivity index (χ0) is 43.4. The summed E-state index contributed by atoms with van der Waals surface area (Å²) >= 11 is 0. The first-order valence-electron chi connectivity index (χ1n) is 22.3. The van der Waals surface area contributed by atoms with Crippen molar-refractivity contribution in [1.82, 2.24) is 4.57 Å². The lowest BCUT2D eigenvalue weighted by Crippen LogP contribution is -2.15. The zero-order valence-corrected chi connectivity index (χ0v) is 36.2. The molecule has 0 aliphatic rings. The van der Waals surface area contributed by atoms with Crippen LogP contribution in [0.3, 0.4) is 0 Å². The van der Waals surface area contributed by atoms with Gasteiger partial charge in [0, 0.05) is 38.5 Å². The molecule has 10 aromatic carbocycles. The highest BCUT2D eigenvalue weighted by atomic mass is 16.3. The fourth-order valence-electron chi connectivity index (χ4n) is 10.1. The predicted octanol–water partition coefficient (Wildman–Crippen LogP) is 17.4. The lowest BCUT2D eigenvalue weighted by atomic mass is 9.92. The Kier molecular flexibility index (Phi) is 9.28. The van der Waals surface area contributed by atoms with E-state index < -0.39 is 0 Å². The fourth-order valence-corrected chi connectivity index (χ4v) is 10.1. The summed E-state index contributed by atoms with van der Waals surface area (Å²) in [5.74, 6) is 0. The number of fused-ring (bicyclic) bond motifs is 6. The van der Waals surface area contributed by atoms with Crippen LogP contribution in [0.25, 0.3) is 93.9 Å². The van der Waals surface area contributed by atoms with E-state index in [4.69, 9.17) is 4.42 Å². The second-order valence-corrected chi connectivity index (χ2v) is 16.9. The summed E-state index contributed by atoms with van der Waals surface area (Å²) in [6.45, 7) is 4.50. The molecule has 65 heavy (non-hydrogen) atoms. The Labute approximate surface area is 378 Å². The average Bonchev–Trinajstić information content (AvgIpc) is 3.92. The fraction of sp³-hybridized carbons (Fsp3) is 0.0323. The second-order valence-electron chi connectivity index (χ2n) is 16.9. The van der Waals surface area contributed by atoms with Crippen molar-refractivity contribution in [3.05, 3.63) is 242 Å². The van der Waals surface area contributed by atoms with Crippen LogP contribution in [0.5, 0.6) is 0 Å². The lowest BCUT2D eigenvalue weighted by Gasteiger charge is -2.32. The van der Waals surface area contributed by atoms with Crippen molar-refractivity contribution in [2.45, 2.75) is 13.8 Å². The maximum atomic E-state index is 7.14. The van der Waals surface area contributed by atoms with Crippen molar-refractivity contribution in [2.75, 3.05) is 4.90 Å². The van der Waals surface area contributed by atoms with Crippen LogP contribution in [0, 0.1) is 13.8 Å². The molecule has 0 saturated heterocycles. The highest BCUT2D eigenvalue weighted by molar-refractivity contribution is 6.18. The van der Waals surface area contributed by atoms with E-state index >= 15 is 0 Å². The van der Waals surface area contributed by atoms with Crippen LogP contribution < -0.4 is 4.90 Å². The van der Waals surface area contributed by atoms with Crippen molar-refractivity contribution >= 4 is 60.8 Å². The van der Waals surface area contributed by atoms with Crippen LogP contribution in [0.2, 0.25) is 0 Å². The molecule has 12 aromatic rings. The third-order valence-corrected chi connectivity index (χ3v) is 13.0. The molecule has 2 heterocycles. The summed E-state index contributed by atoms with van der Waals surface area (Å²) in [4.78, 5) is 2.50. The van der Waals surface area contributed by atoms with Crippen molar-refractivity contribution in [2.24, 2.45) is 0 Å². The molecule has 3 nitrogen and oxygen atoms in total. The van der Waals surface area contributed by atoms with Gasteiger partial charge >= 0.3 is 0 Å². The number of benzene rings is 10. The minimum atomic E-state index is 0.847. The molecule has 0 aliphatic heterocycles. The highest BCUT2D eigenvalue weighted by Crippen LogP contribution is 2.51. The second kappa shape index (κ2) is 15.7. The number of para-hydroxylation sites is 4. The SMILES string of the molecule is Cc1cc(-c2ccccc2)ccc1N(c1c(C)cc(-c2ccccc2)cc1-c1ccccc1)c1ccc(-c2ccccc2-n2c3ccccc3c3ccccc32)c2oc3ccccc3c12. The first kappa shape index (κ1) is 38.3. The summed E-state index contributed by atoms with van der Waals surface area (Å²) in [5.41, 5.74) is 19.9. The Hall–Kier alpha value is -8.40. The van der Waals surface area contributed by atoms with Gasteiger partial charge in [-0.25, -0.2) is 0 Å². The van der Waals surface area contributed by atoms with E-state index in [1.165, 1.54) is 55.2 Å². The van der Waals surface area contributed by atoms with Gasteiger partial charge in [-0.3, -0.25) is 0 Å². The number of furan rings is 1. The molecule has 0 unspecified atom stereocenters. The molecule has 0 atom stereocenters. The largest absolute Gasteiger partial charge is 0.455 e. The minimum Gasteiger partial charge on any atom is -0.455 e. The van der Waals surface area contributed by atoms with Crippen LogP contribution in [0.4, 0.5) is 17.1 Å². The molecular weight excluding hydrogens is 789 g/mol. The van der Waals surface area contributed by atoms with Crippen molar-refractivity contribution in [3.8, 4) is 50.2 Å². The van der Waals surface area contributed by atoms with E-state index in [0.29, 0.717) is 0 Å². The summed E-state index contributed by atoms with van der Waals surface area (Å²) in [6, 6.07) is 83.1. The Bertz CT molecular complexity index is 3680. The highest BCUT2D eigenvalue weighted by Gasteiger charge is 2.28. The molecule has 0 saturated carbocycles. The standard InChI is InChI=1S/C62H44N2O/c1-41-38-46(43-20-6-3-7-21-43)34-36-54(41)64(61-42(2)39-47(44-22-8-4-9-23-44)40-53(61)45-24-10-5-11-25-45)58-37-35-51(62-60(58)52-29-15-19-33-59(52)65-62)50-28-14-18-32-57(50)63-55-30-16-12-26-48(55)49-27-13-17-31-56(49)63/h3-40H,1-2H3. The first-order chi connectivity index (χ1) is 32.1. The third kappa shape index (κ3) is 6.43. The van der Waals surface area contributed by atoms with Gasteiger partial charge in [-0.05, 0) is 113 Å². The topological polar surface area (TPSA) is 21.3 Å². The van der Waals surface area contributed by atoms with E-state index in [0.717, 1.165) is 66.9 Å². The van der Waals surface area contributed by atoms with E-state index in [1.54, 1.807) is 0 Å². The van der Waals surface area contributed by atoms with Gasteiger partial charge < -0.3 is 13.9 Å². The Morgan fingerprint density at radius 2 is 0.908 bits per heavy atom. The number of aryl methyl sites for hydroxylation is 2. The number of hydrogen-bond acceptors (Lipinski definition) is 2. The number of aromatic nitrogens is 1. The number of hydrogen-bond donors (Lipinski definition) is 0. The molecule has 0 N–H and O–H groups in total. The van der Waals surface area contributed by atoms with Crippen molar-refractivity contribution < 1.29 is 4.42 Å². The molecule has 2 aromatic heterocycles. The quantitative estimate of drug-likeness (QED) is 0.152. The summed E-state index contributed by atoms with van der Waals surface area (Å²) < 4.78 is 9.55. The van der Waals surface area contributed by atoms with Gasteiger partial charge in [-0.1, -0.05) is 170 Å². The van der Waals surface area contributed by atoms with Gasteiger partial charge in [0.2, 0.25) is 0 Å². The van der Waals surface area contributed by atoms with E-state index in [9.17, 15) is 0 Å². The smallest absolute Gasteiger partial charge is 0.145 e. The van der Waals surface area contributed by atoms with Gasteiger partial charge in [0.25, 0.3) is 0 Å². The van der Waals surface area contributed by atoms with E-state index in [-0.39, 0.29) is 0 Å². The molecule has 0 amide bonds. The van der Waals surface area contributed by atoms with Crippen molar-refractivity contribution in [3.63, 3.8) is 0 Å². The molecule has 3 heteroatoms. The van der Waals surface area contributed by atoms with Gasteiger partial charge in [-0.15, -0.1) is 0 Å². The van der Waals surface area contributed by atoms with Crippen LogP contribution in [0.1, 0.15) is 11.1 Å². The van der Waals surface area contributed by atoms with Crippen LogP contribution in [-0.4, -0.2) is 4.57 Å². The number of nitrogens with zero attached hydrogens (tertiary/aromatic N) is 2. The zero-order valence-electron chi connectivity index (χ0n) is 36.2. The monoisotopic (exact) mass is 832 g/mol. The maximum absolute atomic E-state index is 7.14. The number of rotatable bonds is 8. The molecule has 0 spiro atoms. The Balaban J connectivity index is 1.16. The van der Waals surface area contributed by atoms with Crippen molar-refractivity contribution in [1.29, 1.82) is 0 Å². The van der Waals surface area contributed by atoms with Gasteiger partial charge in [-0.2, -0.15) is 0 Å². The molecule has 0 aliphatic carbocycles. The molecule has 0 radical (unpaired) electrons. The molecule has 0 fully saturated rings. The average molecular weight is 833 g/mol. The van der Waals surface area contributed by atoms with Gasteiger partial charge in [0.05, 0.1) is 33.5 Å².